The van der Waals surface area contributed by atoms with E-state index in [1.807, 2.05) is 6.20 Å². The van der Waals surface area contributed by atoms with Gasteiger partial charge in [0.05, 0.1) is 4.47 Å². The third kappa shape index (κ3) is 3.16. The van der Waals surface area contributed by atoms with Crippen LogP contribution in [-0.4, -0.2) is 35.1 Å². The van der Waals surface area contributed by atoms with Crippen molar-refractivity contribution in [3.05, 3.63) is 17.0 Å². The van der Waals surface area contributed by atoms with Crippen LogP contribution in [0.5, 0.6) is 0 Å². The fourth-order valence-electron chi connectivity index (χ4n) is 2.22. The highest BCUT2D eigenvalue weighted by Gasteiger charge is 2.26. The third-order valence-corrected chi connectivity index (χ3v) is 3.62. The summed E-state index contributed by atoms with van der Waals surface area (Å²) in [4.78, 5) is 10.8. The van der Waals surface area contributed by atoms with E-state index < -0.39 is 0 Å². The number of anilines is 1. The average Bonchev–Trinajstić information content (AvgIpc) is 2.75. The standard InChI is InChI=1S/C12H19BrN4/c1-9(2)15-6-10-4-3-5-17(10)12-11(13)7-14-8-16-12/h7-10,15H,3-6H2,1-2H3. The molecule has 1 unspecified atom stereocenters. The predicted octanol–water partition coefficient (Wildman–Crippen LogP) is 2.21. The smallest absolute Gasteiger partial charge is 0.146 e. The van der Waals surface area contributed by atoms with E-state index in [9.17, 15) is 0 Å². The van der Waals surface area contributed by atoms with Crippen LogP contribution in [0.1, 0.15) is 26.7 Å². The molecule has 1 aromatic heterocycles. The van der Waals surface area contributed by atoms with Crippen LogP contribution in [0, 0.1) is 0 Å². The van der Waals surface area contributed by atoms with Gasteiger partial charge in [0.15, 0.2) is 0 Å². The minimum absolute atomic E-state index is 0.534. The third-order valence-electron chi connectivity index (χ3n) is 3.06. The molecule has 0 radical (unpaired) electrons. The van der Waals surface area contributed by atoms with Crippen LogP contribution in [0.2, 0.25) is 0 Å². The van der Waals surface area contributed by atoms with Gasteiger partial charge in [-0.25, -0.2) is 9.97 Å². The fourth-order valence-corrected chi connectivity index (χ4v) is 2.66. The van der Waals surface area contributed by atoms with E-state index in [0.717, 1.165) is 23.4 Å². The van der Waals surface area contributed by atoms with Crippen LogP contribution in [-0.2, 0) is 0 Å². The molecule has 4 nitrogen and oxygen atoms in total. The summed E-state index contributed by atoms with van der Waals surface area (Å²) >= 11 is 3.53. The molecule has 1 fully saturated rings. The summed E-state index contributed by atoms with van der Waals surface area (Å²) in [7, 11) is 0. The highest BCUT2D eigenvalue weighted by atomic mass is 79.9. The maximum atomic E-state index is 4.38. The fraction of sp³-hybridized carbons (Fsp3) is 0.667. The van der Waals surface area contributed by atoms with Crippen molar-refractivity contribution in [3.8, 4) is 0 Å². The van der Waals surface area contributed by atoms with Crippen molar-refractivity contribution in [2.75, 3.05) is 18.0 Å². The van der Waals surface area contributed by atoms with Gasteiger partial charge in [-0.05, 0) is 28.8 Å². The van der Waals surface area contributed by atoms with Crippen molar-refractivity contribution >= 4 is 21.7 Å². The molecule has 0 spiro atoms. The molecule has 1 aromatic rings. The van der Waals surface area contributed by atoms with Crippen LogP contribution in [0.15, 0.2) is 17.0 Å². The van der Waals surface area contributed by atoms with Crippen molar-refractivity contribution in [1.82, 2.24) is 15.3 Å². The molecule has 2 heterocycles. The summed E-state index contributed by atoms with van der Waals surface area (Å²) < 4.78 is 0.983. The van der Waals surface area contributed by atoms with Gasteiger partial charge in [0.25, 0.3) is 0 Å². The van der Waals surface area contributed by atoms with Crippen molar-refractivity contribution < 1.29 is 0 Å². The molecule has 1 N–H and O–H groups in total. The van der Waals surface area contributed by atoms with Crippen LogP contribution < -0.4 is 10.2 Å². The second-order valence-electron chi connectivity index (χ2n) is 4.75. The first-order valence-corrected chi connectivity index (χ1v) is 6.93. The predicted molar refractivity (Wildman–Crippen MR) is 73.2 cm³/mol. The molecule has 1 atom stereocenters. The molecule has 1 aliphatic heterocycles. The Morgan fingerprint density at radius 2 is 2.41 bits per heavy atom. The SMILES string of the molecule is CC(C)NCC1CCCN1c1ncncc1Br. The second-order valence-corrected chi connectivity index (χ2v) is 5.60. The Labute approximate surface area is 111 Å². The molecule has 1 saturated heterocycles. The maximum Gasteiger partial charge on any atom is 0.146 e. The maximum absolute atomic E-state index is 4.38. The van der Waals surface area contributed by atoms with Gasteiger partial charge >= 0.3 is 0 Å². The van der Waals surface area contributed by atoms with E-state index in [0.29, 0.717) is 12.1 Å². The van der Waals surface area contributed by atoms with Gasteiger partial charge in [0.1, 0.15) is 12.1 Å². The highest BCUT2D eigenvalue weighted by Crippen LogP contribution is 2.28. The van der Waals surface area contributed by atoms with Crippen molar-refractivity contribution in [1.29, 1.82) is 0 Å². The second kappa shape index (κ2) is 5.78. The van der Waals surface area contributed by atoms with E-state index in [2.05, 4.69) is 50.0 Å². The summed E-state index contributed by atoms with van der Waals surface area (Å²) in [6.07, 6.45) is 5.90. The molecule has 0 saturated carbocycles. The number of halogens is 1. The largest absolute Gasteiger partial charge is 0.351 e. The van der Waals surface area contributed by atoms with E-state index in [-0.39, 0.29) is 0 Å². The van der Waals surface area contributed by atoms with Gasteiger partial charge < -0.3 is 10.2 Å². The number of hydrogen-bond donors (Lipinski definition) is 1. The Morgan fingerprint density at radius 3 is 3.12 bits per heavy atom. The number of nitrogens with one attached hydrogen (secondary N) is 1. The van der Waals surface area contributed by atoms with Gasteiger partial charge in [0, 0.05) is 31.4 Å². The zero-order valence-corrected chi connectivity index (χ0v) is 11.9. The first-order valence-electron chi connectivity index (χ1n) is 6.14. The summed E-state index contributed by atoms with van der Waals surface area (Å²) in [6.45, 7) is 6.47. The van der Waals surface area contributed by atoms with Gasteiger partial charge in [-0.15, -0.1) is 0 Å². The van der Waals surface area contributed by atoms with Crippen molar-refractivity contribution in [2.45, 2.75) is 38.8 Å². The molecule has 0 bridgehead atoms. The van der Waals surface area contributed by atoms with Crippen LogP contribution >= 0.6 is 15.9 Å². The van der Waals surface area contributed by atoms with Gasteiger partial charge in [0.2, 0.25) is 0 Å². The van der Waals surface area contributed by atoms with E-state index in [1.54, 1.807) is 6.33 Å². The zero-order valence-electron chi connectivity index (χ0n) is 10.4. The minimum atomic E-state index is 0.534. The quantitative estimate of drug-likeness (QED) is 0.925. The number of aromatic nitrogens is 2. The Morgan fingerprint density at radius 1 is 1.59 bits per heavy atom. The average molecular weight is 299 g/mol. The lowest BCUT2D eigenvalue weighted by atomic mass is 10.2. The molecule has 0 aromatic carbocycles. The molecular weight excluding hydrogens is 280 g/mol. The van der Waals surface area contributed by atoms with Crippen LogP contribution in [0.3, 0.4) is 0 Å². The molecular formula is C12H19BrN4. The lowest BCUT2D eigenvalue weighted by molar-refractivity contribution is 0.522. The summed E-state index contributed by atoms with van der Waals surface area (Å²) in [5.74, 6) is 1.02. The summed E-state index contributed by atoms with van der Waals surface area (Å²) in [6, 6.07) is 1.08. The van der Waals surface area contributed by atoms with Crippen molar-refractivity contribution in [2.24, 2.45) is 0 Å². The number of nitrogens with zero attached hydrogens (tertiary/aromatic N) is 3. The first kappa shape index (κ1) is 12.8. The molecule has 0 aliphatic carbocycles. The van der Waals surface area contributed by atoms with Crippen LogP contribution in [0.4, 0.5) is 5.82 Å². The molecule has 17 heavy (non-hydrogen) atoms. The monoisotopic (exact) mass is 298 g/mol. The molecule has 0 amide bonds. The molecule has 2 rings (SSSR count). The Bertz CT molecular complexity index is 369. The first-order chi connectivity index (χ1) is 8.18. The lowest BCUT2D eigenvalue weighted by Crippen LogP contribution is -2.40. The Balaban J connectivity index is 2.07. The van der Waals surface area contributed by atoms with Gasteiger partial charge in [-0.3, -0.25) is 0 Å². The van der Waals surface area contributed by atoms with E-state index in [1.165, 1.54) is 12.8 Å². The van der Waals surface area contributed by atoms with Crippen molar-refractivity contribution in [3.63, 3.8) is 0 Å². The minimum Gasteiger partial charge on any atom is -0.351 e. The van der Waals surface area contributed by atoms with E-state index in [4.69, 9.17) is 0 Å². The summed E-state index contributed by atoms with van der Waals surface area (Å²) in [5.41, 5.74) is 0. The molecule has 5 heteroatoms. The van der Waals surface area contributed by atoms with E-state index >= 15 is 0 Å². The Kier molecular flexibility index (Phi) is 4.34. The topological polar surface area (TPSA) is 41.0 Å². The number of hydrogen-bond acceptors (Lipinski definition) is 4. The number of rotatable bonds is 4. The zero-order chi connectivity index (χ0) is 12.3. The molecule has 1 aliphatic rings. The highest BCUT2D eigenvalue weighted by molar-refractivity contribution is 9.10. The van der Waals surface area contributed by atoms with Crippen LogP contribution in [0.25, 0.3) is 0 Å². The van der Waals surface area contributed by atoms with Gasteiger partial charge in [-0.1, -0.05) is 13.8 Å². The lowest BCUT2D eigenvalue weighted by Gasteiger charge is -2.27. The van der Waals surface area contributed by atoms with Gasteiger partial charge in [-0.2, -0.15) is 0 Å². The summed E-state index contributed by atoms with van der Waals surface area (Å²) in [5, 5.41) is 3.51. The Hall–Kier alpha value is -0.680. The normalized spacial score (nSPS) is 20.2. The molecule has 94 valence electrons.